The Kier molecular flexibility index (Phi) is 6.33. The van der Waals surface area contributed by atoms with Crippen LogP contribution < -0.4 is 5.32 Å². The summed E-state index contributed by atoms with van der Waals surface area (Å²) < 4.78 is 2.12. The third-order valence-corrected chi connectivity index (χ3v) is 6.18. The molecule has 1 amide bonds. The molecule has 0 saturated heterocycles. The average Bonchev–Trinajstić information content (AvgIpc) is 3.24. The van der Waals surface area contributed by atoms with E-state index in [1.54, 1.807) is 18.2 Å². The van der Waals surface area contributed by atoms with Gasteiger partial charge in [0.15, 0.2) is 4.34 Å². The lowest BCUT2D eigenvalue weighted by atomic mass is 9.95. The van der Waals surface area contributed by atoms with Crippen molar-refractivity contribution < 1.29 is 9.90 Å². The van der Waals surface area contributed by atoms with E-state index in [1.165, 1.54) is 47.4 Å². The van der Waals surface area contributed by atoms with Gasteiger partial charge in [-0.2, -0.15) is 5.10 Å². The molecule has 0 aliphatic carbocycles. The quantitative estimate of drug-likeness (QED) is 0.425. The predicted octanol–water partition coefficient (Wildman–Crippen LogP) is 3.07. The van der Waals surface area contributed by atoms with Gasteiger partial charge in [-0.15, -0.1) is 10.2 Å². The SMILES string of the molecule is CC(=O)Nc1nnc(SCC(O)(Cn2cncn2)c2ccc(Cl)cc2Cl)s1. The molecular formula is C15H14Cl2N6O2S2. The third kappa shape index (κ3) is 5.17. The molecule has 0 saturated carbocycles. The van der Waals surface area contributed by atoms with Gasteiger partial charge in [0.25, 0.3) is 0 Å². The van der Waals surface area contributed by atoms with E-state index in [4.69, 9.17) is 23.2 Å². The van der Waals surface area contributed by atoms with Crippen LogP contribution >= 0.6 is 46.3 Å². The Balaban J connectivity index is 1.83. The summed E-state index contributed by atoms with van der Waals surface area (Å²) in [7, 11) is 0. The molecule has 27 heavy (non-hydrogen) atoms. The molecule has 3 rings (SSSR count). The monoisotopic (exact) mass is 444 g/mol. The van der Waals surface area contributed by atoms with Gasteiger partial charge in [-0.3, -0.25) is 4.79 Å². The molecule has 0 spiro atoms. The Labute approximate surface area is 172 Å². The van der Waals surface area contributed by atoms with Crippen LogP contribution in [0.4, 0.5) is 5.13 Å². The van der Waals surface area contributed by atoms with Crippen LogP contribution in [0.3, 0.4) is 0 Å². The maximum Gasteiger partial charge on any atom is 0.223 e. The summed E-state index contributed by atoms with van der Waals surface area (Å²) in [5, 5.41) is 27.2. The number of hydrogen-bond donors (Lipinski definition) is 2. The van der Waals surface area contributed by atoms with Crippen LogP contribution in [0.2, 0.25) is 10.0 Å². The Morgan fingerprint density at radius 1 is 1.41 bits per heavy atom. The second-order valence-corrected chi connectivity index (χ2v) is 8.64. The van der Waals surface area contributed by atoms with E-state index in [9.17, 15) is 9.90 Å². The zero-order chi connectivity index (χ0) is 19.4. The molecule has 3 aromatic rings. The fraction of sp³-hybridized carbons (Fsp3) is 0.267. The number of halogens is 2. The molecule has 0 aliphatic heterocycles. The normalized spacial score (nSPS) is 13.3. The van der Waals surface area contributed by atoms with E-state index in [0.717, 1.165) is 0 Å². The highest BCUT2D eigenvalue weighted by molar-refractivity contribution is 8.01. The van der Waals surface area contributed by atoms with E-state index in [0.29, 0.717) is 25.1 Å². The number of amides is 1. The summed E-state index contributed by atoms with van der Waals surface area (Å²) >= 11 is 14.8. The molecule has 1 unspecified atom stereocenters. The van der Waals surface area contributed by atoms with Crippen LogP contribution in [0.5, 0.6) is 0 Å². The van der Waals surface area contributed by atoms with Crippen molar-refractivity contribution in [2.75, 3.05) is 11.1 Å². The second kappa shape index (κ2) is 8.53. The van der Waals surface area contributed by atoms with Crippen LogP contribution in [-0.4, -0.2) is 41.7 Å². The Morgan fingerprint density at radius 3 is 2.89 bits per heavy atom. The Bertz CT molecular complexity index is 936. The maximum absolute atomic E-state index is 11.4. The fourth-order valence-corrected chi connectivity index (χ4v) is 4.77. The topological polar surface area (TPSA) is 106 Å². The standard InChI is InChI=1S/C15H14Cl2N6O2S2/c1-9(24)20-13-21-22-14(27-13)26-6-15(25,5-23-8-18-7-19-23)11-3-2-10(16)4-12(11)17/h2-4,7-8,25H,5-6H2,1H3,(H,20,21,24). The molecule has 2 aromatic heterocycles. The number of carbonyl (C=O) groups excluding carboxylic acids is 1. The molecule has 0 radical (unpaired) electrons. The van der Waals surface area contributed by atoms with Gasteiger partial charge in [-0.05, 0) is 12.1 Å². The summed E-state index contributed by atoms with van der Waals surface area (Å²) in [6.45, 7) is 1.53. The van der Waals surface area contributed by atoms with Crippen molar-refractivity contribution in [3.05, 3.63) is 46.5 Å². The van der Waals surface area contributed by atoms with Gasteiger partial charge in [0.1, 0.15) is 18.3 Å². The number of rotatable bonds is 7. The minimum Gasteiger partial charge on any atom is -0.382 e. The lowest BCUT2D eigenvalue weighted by Crippen LogP contribution is -2.34. The first-order chi connectivity index (χ1) is 12.9. The number of benzene rings is 1. The molecular weight excluding hydrogens is 431 g/mol. The van der Waals surface area contributed by atoms with E-state index in [2.05, 4.69) is 25.6 Å². The van der Waals surface area contributed by atoms with Crippen molar-refractivity contribution >= 4 is 57.3 Å². The summed E-state index contributed by atoms with van der Waals surface area (Å²) in [4.78, 5) is 15.0. The van der Waals surface area contributed by atoms with Crippen molar-refractivity contribution in [1.29, 1.82) is 0 Å². The molecule has 0 bridgehead atoms. The minimum absolute atomic E-state index is 0.138. The largest absolute Gasteiger partial charge is 0.382 e. The van der Waals surface area contributed by atoms with E-state index >= 15 is 0 Å². The number of thioether (sulfide) groups is 1. The number of hydrogen-bond acceptors (Lipinski definition) is 8. The molecule has 8 nitrogen and oxygen atoms in total. The van der Waals surface area contributed by atoms with E-state index in [-0.39, 0.29) is 18.2 Å². The van der Waals surface area contributed by atoms with Crippen molar-refractivity contribution in [2.45, 2.75) is 23.4 Å². The van der Waals surface area contributed by atoms with E-state index in [1.807, 2.05) is 0 Å². The summed E-state index contributed by atoms with van der Waals surface area (Å²) in [5.74, 6) is 0.00135. The lowest BCUT2D eigenvalue weighted by molar-refractivity contribution is -0.114. The van der Waals surface area contributed by atoms with Crippen molar-refractivity contribution in [1.82, 2.24) is 25.0 Å². The smallest absolute Gasteiger partial charge is 0.223 e. The first-order valence-electron chi connectivity index (χ1n) is 7.60. The lowest BCUT2D eigenvalue weighted by Gasteiger charge is -2.28. The number of carbonyl (C=O) groups is 1. The highest BCUT2D eigenvalue weighted by Crippen LogP contribution is 2.37. The molecule has 1 aromatic carbocycles. The first-order valence-corrected chi connectivity index (χ1v) is 10.2. The summed E-state index contributed by atoms with van der Waals surface area (Å²) in [6, 6.07) is 4.93. The van der Waals surface area contributed by atoms with Crippen LogP contribution in [0, 0.1) is 0 Å². The second-order valence-electron chi connectivity index (χ2n) is 5.59. The van der Waals surface area contributed by atoms with Crippen molar-refractivity contribution in [2.24, 2.45) is 0 Å². The van der Waals surface area contributed by atoms with Crippen molar-refractivity contribution in [3.8, 4) is 0 Å². The van der Waals surface area contributed by atoms with Crippen LogP contribution in [-0.2, 0) is 16.9 Å². The molecule has 12 heteroatoms. The molecule has 0 aliphatic rings. The zero-order valence-electron chi connectivity index (χ0n) is 14.0. The Hall–Kier alpha value is -1.72. The van der Waals surface area contributed by atoms with Gasteiger partial charge < -0.3 is 10.4 Å². The molecule has 142 valence electrons. The van der Waals surface area contributed by atoms with Gasteiger partial charge in [-0.1, -0.05) is 52.4 Å². The number of aliphatic hydroxyl groups is 1. The Morgan fingerprint density at radius 2 is 2.22 bits per heavy atom. The molecule has 1 atom stereocenters. The van der Waals surface area contributed by atoms with Crippen LogP contribution in [0.1, 0.15) is 12.5 Å². The number of nitrogens with zero attached hydrogens (tertiary/aromatic N) is 5. The molecule has 2 heterocycles. The summed E-state index contributed by atoms with van der Waals surface area (Å²) in [6.07, 6.45) is 2.90. The highest BCUT2D eigenvalue weighted by atomic mass is 35.5. The molecule has 2 N–H and O–H groups in total. The maximum atomic E-state index is 11.4. The minimum atomic E-state index is -1.36. The molecule has 0 fully saturated rings. The van der Waals surface area contributed by atoms with E-state index < -0.39 is 5.60 Å². The van der Waals surface area contributed by atoms with Crippen LogP contribution in [0.15, 0.2) is 35.2 Å². The van der Waals surface area contributed by atoms with Gasteiger partial charge in [0, 0.05) is 28.3 Å². The van der Waals surface area contributed by atoms with Gasteiger partial charge in [0.05, 0.1) is 6.54 Å². The zero-order valence-corrected chi connectivity index (χ0v) is 17.1. The van der Waals surface area contributed by atoms with Crippen molar-refractivity contribution in [3.63, 3.8) is 0 Å². The van der Waals surface area contributed by atoms with Crippen LogP contribution in [0.25, 0.3) is 0 Å². The first kappa shape index (κ1) is 20.0. The third-order valence-electron chi connectivity index (χ3n) is 3.45. The highest BCUT2D eigenvalue weighted by Gasteiger charge is 2.33. The van der Waals surface area contributed by atoms with Gasteiger partial charge >= 0.3 is 0 Å². The summed E-state index contributed by atoms with van der Waals surface area (Å²) in [5.41, 5.74) is -0.844. The number of aromatic nitrogens is 5. The average molecular weight is 445 g/mol. The number of nitrogens with one attached hydrogen (secondary N) is 1. The predicted molar refractivity (Wildman–Crippen MR) is 105 cm³/mol. The van der Waals surface area contributed by atoms with Gasteiger partial charge in [0.2, 0.25) is 11.0 Å². The van der Waals surface area contributed by atoms with Gasteiger partial charge in [-0.25, -0.2) is 9.67 Å². The fourth-order valence-electron chi connectivity index (χ4n) is 2.31. The number of anilines is 1.